The number of allylic oxidation sites excluding steroid dienone is 2. The second-order valence-corrected chi connectivity index (χ2v) is 6.88. The summed E-state index contributed by atoms with van der Waals surface area (Å²) >= 11 is 0. The van der Waals surface area contributed by atoms with Gasteiger partial charge in [0, 0.05) is 18.5 Å². The minimum atomic E-state index is -0.480. The molecule has 2 aliphatic rings. The maximum atomic E-state index is 12.2. The highest BCUT2D eigenvalue weighted by molar-refractivity contribution is 5.72. The molecule has 2 saturated heterocycles. The molecule has 22 heavy (non-hydrogen) atoms. The van der Waals surface area contributed by atoms with E-state index >= 15 is 0 Å². The van der Waals surface area contributed by atoms with Gasteiger partial charge in [0.05, 0.1) is 24.7 Å². The first-order valence-corrected chi connectivity index (χ1v) is 7.73. The summed E-state index contributed by atoms with van der Waals surface area (Å²) in [6.07, 6.45) is 6.06. The maximum absolute atomic E-state index is 12.2. The van der Waals surface area contributed by atoms with Crippen LogP contribution in [0.3, 0.4) is 0 Å². The minimum Gasteiger partial charge on any atom is -0.444 e. The molecule has 2 aliphatic heterocycles. The van der Waals surface area contributed by atoms with E-state index in [2.05, 4.69) is 11.6 Å². The van der Waals surface area contributed by atoms with E-state index in [0.717, 1.165) is 12.1 Å². The van der Waals surface area contributed by atoms with Gasteiger partial charge < -0.3 is 14.4 Å². The quantitative estimate of drug-likeness (QED) is 0.753. The molecule has 0 aromatic heterocycles. The summed E-state index contributed by atoms with van der Waals surface area (Å²) in [5.41, 5.74) is 0.231. The predicted molar refractivity (Wildman–Crippen MR) is 87.0 cm³/mol. The lowest BCUT2D eigenvalue weighted by atomic mass is 9.70. The highest BCUT2D eigenvalue weighted by Gasteiger charge is 2.54. The van der Waals surface area contributed by atoms with Crippen molar-refractivity contribution in [1.29, 1.82) is 0 Å². The number of ether oxygens (including phenoxy) is 2. The molecule has 0 bridgehead atoms. The molecule has 0 unspecified atom stereocenters. The number of hydrogen-bond acceptors (Lipinski definition) is 4. The molecule has 2 fully saturated rings. The smallest absolute Gasteiger partial charge is 0.410 e. The van der Waals surface area contributed by atoms with Crippen LogP contribution in [0, 0.1) is 5.41 Å². The SMILES string of the molecule is C=C(N=C/C=C\C)[C@]12CCN(C(=O)OC(C)(C)C)C[C@H]1OC2. The molecule has 0 aromatic carbocycles. The Morgan fingerprint density at radius 2 is 2.23 bits per heavy atom. The summed E-state index contributed by atoms with van der Waals surface area (Å²) in [5, 5.41) is 0. The lowest BCUT2D eigenvalue weighted by molar-refractivity contribution is -0.195. The van der Waals surface area contributed by atoms with Crippen LogP contribution in [-0.2, 0) is 9.47 Å². The Hall–Kier alpha value is -1.62. The molecular formula is C17H26N2O3. The molecule has 1 amide bonds. The van der Waals surface area contributed by atoms with E-state index in [9.17, 15) is 4.79 Å². The molecule has 122 valence electrons. The maximum Gasteiger partial charge on any atom is 0.410 e. The summed E-state index contributed by atoms with van der Waals surface area (Å²) < 4.78 is 11.1. The summed E-state index contributed by atoms with van der Waals surface area (Å²) in [6.45, 7) is 13.5. The van der Waals surface area contributed by atoms with Crippen LogP contribution >= 0.6 is 0 Å². The highest BCUT2D eigenvalue weighted by Crippen LogP contribution is 2.47. The number of carbonyl (C=O) groups excluding carboxylic acids is 1. The molecule has 5 heteroatoms. The van der Waals surface area contributed by atoms with Gasteiger partial charge in [-0.25, -0.2) is 4.79 Å². The molecule has 2 atom stereocenters. The van der Waals surface area contributed by atoms with Crippen LogP contribution < -0.4 is 0 Å². The lowest BCUT2D eigenvalue weighted by Crippen LogP contribution is -2.63. The molecule has 2 heterocycles. The molecule has 0 radical (unpaired) electrons. The van der Waals surface area contributed by atoms with E-state index in [1.807, 2.05) is 39.8 Å². The Labute approximate surface area is 132 Å². The molecular weight excluding hydrogens is 280 g/mol. The first-order chi connectivity index (χ1) is 10.3. The number of nitrogens with zero attached hydrogens (tertiary/aromatic N) is 2. The Morgan fingerprint density at radius 1 is 1.50 bits per heavy atom. The fourth-order valence-electron chi connectivity index (χ4n) is 2.74. The van der Waals surface area contributed by atoms with Crippen molar-refractivity contribution in [3.05, 3.63) is 24.4 Å². The van der Waals surface area contributed by atoms with Gasteiger partial charge >= 0.3 is 6.09 Å². The Morgan fingerprint density at radius 3 is 2.73 bits per heavy atom. The zero-order valence-corrected chi connectivity index (χ0v) is 14.0. The highest BCUT2D eigenvalue weighted by atomic mass is 16.6. The Balaban J connectivity index is 1.99. The number of amides is 1. The topological polar surface area (TPSA) is 51.1 Å². The van der Waals surface area contributed by atoms with Gasteiger partial charge in [-0.3, -0.25) is 4.99 Å². The van der Waals surface area contributed by atoms with Gasteiger partial charge in [-0.15, -0.1) is 0 Å². The van der Waals surface area contributed by atoms with Crippen LogP contribution in [0.5, 0.6) is 0 Å². The van der Waals surface area contributed by atoms with Crippen molar-refractivity contribution >= 4 is 12.3 Å². The van der Waals surface area contributed by atoms with Gasteiger partial charge in [0.2, 0.25) is 0 Å². The Bertz CT molecular complexity index is 505. The molecule has 0 aromatic rings. The summed E-state index contributed by atoms with van der Waals surface area (Å²) in [4.78, 5) is 18.3. The van der Waals surface area contributed by atoms with Gasteiger partial charge in [0.25, 0.3) is 0 Å². The summed E-state index contributed by atoms with van der Waals surface area (Å²) in [7, 11) is 0. The van der Waals surface area contributed by atoms with Crippen molar-refractivity contribution in [2.24, 2.45) is 10.4 Å². The van der Waals surface area contributed by atoms with Crippen LogP contribution in [0.2, 0.25) is 0 Å². The van der Waals surface area contributed by atoms with E-state index < -0.39 is 5.60 Å². The number of aliphatic imine (C=N–C) groups is 1. The van der Waals surface area contributed by atoms with Crippen molar-refractivity contribution in [3.63, 3.8) is 0 Å². The fourth-order valence-corrected chi connectivity index (χ4v) is 2.74. The zero-order chi connectivity index (χ0) is 16.4. The lowest BCUT2D eigenvalue weighted by Gasteiger charge is -2.54. The van der Waals surface area contributed by atoms with Gasteiger partial charge in [0.1, 0.15) is 5.60 Å². The molecule has 0 saturated carbocycles. The third kappa shape index (κ3) is 3.40. The van der Waals surface area contributed by atoms with Crippen LogP contribution in [0.25, 0.3) is 0 Å². The predicted octanol–water partition coefficient (Wildman–Crippen LogP) is 3.17. The number of hydrogen-bond donors (Lipinski definition) is 0. The first-order valence-electron chi connectivity index (χ1n) is 7.73. The van der Waals surface area contributed by atoms with E-state index in [-0.39, 0.29) is 17.6 Å². The van der Waals surface area contributed by atoms with Crippen molar-refractivity contribution in [2.45, 2.75) is 45.8 Å². The molecule has 0 spiro atoms. The normalized spacial score (nSPS) is 28.5. The monoisotopic (exact) mass is 306 g/mol. The van der Waals surface area contributed by atoms with Gasteiger partial charge in [0.15, 0.2) is 0 Å². The second kappa shape index (κ2) is 6.24. The largest absolute Gasteiger partial charge is 0.444 e. The van der Waals surface area contributed by atoms with E-state index in [0.29, 0.717) is 19.7 Å². The number of fused-ring (bicyclic) bond motifs is 1. The number of piperidine rings is 1. The third-order valence-corrected chi connectivity index (χ3v) is 4.11. The van der Waals surface area contributed by atoms with Gasteiger partial charge in [-0.05, 0) is 40.2 Å². The van der Waals surface area contributed by atoms with Crippen LogP contribution in [0.1, 0.15) is 34.1 Å². The van der Waals surface area contributed by atoms with E-state index in [1.165, 1.54) is 0 Å². The van der Waals surface area contributed by atoms with Crippen LogP contribution in [-0.4, -0.2) is 48.6 Å². The molecule has 0 aliphatic carbocycles. The van der Waals surface area contributed by atoms with E-state index in [4.69, 9.17) is 9.47 Å². The second-order valence-electron chi connectivity index (χ2n) is 6.88. The van der Waals surface area contributed by atoms with Crippen molar-refractivity contribution in [3.8, 4) is 0 Å². The molecule has 5 nitrogen and oxygen atoms in total. The van der Waals surface area contributed by atoms with Crippen molar-refractivity contribution in [1.82, 2.24) is 4.90 Å². The average Bonchev–Trinajstić information content (AvgIpc) is 2.38. The molecule has 2 rings (SSSR count). The summed E-state index contributed by atoms with van der Waals surface area (Å²) in [6, 6.07) is 0. The third-order valence-electron chi connectivity index (χ3n) is 4.11. The fraction of sp³-hybridized carbons (Fsp3) is 0.647. The van der Waals surface area contributed by atoms with Crippen molar-refractivity contribution in [2.75, 3.05) is 19.7 Å². The zero-order valence-electron chi connectivity index (χ0n) is 14.0. The number of rotatable bonds is 3. The van der Waals surface area contributed by atoms with Crippen molar-refractivity contribution < 1.29 is 14.3 Å². The standard InChI is InChI=1S/C17H26N2O3/c1-6-7-9-18-13(2)17-8-10-19(11-14(17)21-12-17)15(20)22-16(3,4)5/h6-7,9,14H,2,8,10-12H2,1,3-5H3/b7-6-,18-9?/t14-,17-/m1/s1. The van der Waals surface area contributed by atoms with Crippen LogP contribution in [0.15, 0.2) is 29.4 Å². The van der Waals surface area contributed by atoms with Gasteiger partial charge in [-0.1, -0.05) is 12.7 Å². The number of likely N-dealkylation sites (tertiary alicyclic amines) is 1. The van der Waals surface area contributed by atoms with Gasteiger partial charge in [-0.2, -0.15) is 0 Å². The molecule has 0 N–H and O–H groups in total. The Kier molecular flexibility index (Phi) is 4.75. The van der Waals surface area contributed by atoms with Crippen LogP contribution in [0.4, 0.5) is 4.79 Å². The average molecular weight is 306 g/mol. The summed E-state index contributed by atoms with van der Waals surface area (Å²) in [5.74, 6) is 0. The van der Waals surface area contributed by atoms with E-state index in [1.54, 1.807) is 11.1 Å². The number of carbonyl (C=O) groups is 1. The minimum absolute atomic E-state index is 0.0379. The first kappa shape index (κ1) is 16.7.